The number of nitro groups is 1. The second kappa shape index (κ2) is 8.02. The van der Waals surface area contributed by atoms with Crippen LogP contribution in [0.4, 0.5) is 22.7 Å². The number of piperazine rings is 1. The van der Waals surface area contributed by atoms with Gasteiger partial charge in [-0.25, -0.2) is 0 Å². The van der Waals surface area contributed by atoms with Crippen molar-refractivity contribution in [3.8, 4) is 0 Å². The van der Waals surface area contributed by atoms with Crippen molar-refractivity contribution in [1.29, 1.82) is 0 Å². The van der Waals surface area contributed by atoms with Crippen LogP contribution < -0.4 is 14.7 Å². The van der Waals surface area contributed by atoms with Crippen molar-refractivity contribution in [3.05, 3.63) is 57.6 Å². The molecule has 2 aromatic carbocycles. The molecule has 0 N–H and O–H groups in total. The minimum absolute atomic E-state index is 0.0853. The zero-order valence-corrected chi connectivity index (χ0v) is 18.0. The lowest BCUT2D eigenvalue weighted by atomic mass is 10.1. The third kappa shape index (κ3) is 3.73. The van der Waals surface area contributed by atoms with Crippen LogP contribution in [0.3, 0.4) is 0 Å². The molecule has 2 amide bonds. The van der Waals surface area contributed by atoms with Gasteiger partial charge < -0.3 is 9.80 Å². The number of amides is 2. The molecule has 2 aromatic rings. The molecule has 2 heterocycles. The zero-order valence-electron chi connectivity index (χ0n) is 18.0. The van der Waals surface area contributed by atoms with Gasteiger partial charge in [0.2, 0.25) is 11.8 Å². The van der Waals surface area contributed by atoms with Crippen LogP contribution in [0.1, 0.15) is 24.5 Å². The number of nitro benzene ring substituents is 1. The molecule has 1 atom stereocenters. The molecule has 0 aromatic heterocycles. The minimum atomic E-state index is -0.440. The van der Waals surface area contributed by atoms with Crippen LogP contribution in [0.25, 0.3) is 0 Å². The predicted octanol–water partition coefficient (Wildman–Crippen LogP) is 3.44. The Kier molecular flexibility index (Phi) is 5.39. The summed E-state index contributed by atoms with van der Waals surface area (Å²) in [5.41, 5.74) is 4.39. The van der Waals surface area contributed by atoms with Gasteiger partial charge in [-0.2, -0.15) is 0 Å². The van der Waals surface area contributed by atoms with Gasteiger partial charge in [-0.05, 0) is 43.2 Å². The summed E-state index contributed by atoms with van der Waals surface area (Å²) in [6.45, 7) is 8.70. The highest BCUT2D eigenvalue weighted by atomic mass is 16.6. The van der Waals surface area contributed by atoms with Crippen molar-refractivity contribution >= 4 is 34.6 Å². The van der Waals surface area contributed by atoms with E-state index in [0.717, 1.165) is 18.0 Å². The summed E-state index contributed by atoms with van der Waals surface area (Å²) in [4.78, 5) is 41.3. The quantitative estimate of drug-likeness (QED) is 0.426. The zero-order chi connectivity index (χ0) is 22.3. The number of carbonyl (C=O) groups excluding carboxylic acids is 2. The first-order chi connectivity index (χ1) is 14.8. The Morgan fingerprint density at radius 3 is 2.19 bits per heavy atom. The predicted molar refractivity (Wildman–Crippen MR) is 120 cm³/mol. The van der Waals surface area contributed by atoms with Gasteiger partial charge in [-0.1, -0.05) is 19.1 Å². The van der Waals surface area contributed by atoms with Crippen molar-refractivity contribution in [3.63, 3.8) is 0 Å². The smallest absolute Gasteiger partial charge is 0.294 e. The molecule has 0 radical (unpaired) electrons. The number of carbonyl (C=O) groups is 2. The molecular weight excluding hydrogens is 396 g/mol. The van der Waals surface area contributed by atoms with Crippen LogP contribution in [0.15, 0.2) is 36.4 Å². The first-order valence-electron chi connectivity index (χ1n) is 10.5. The topological polar surface area (TPSA) is 87.0 Å². The van der Waals surface area contributed by atoms with Gasteiger partial charge in [0.1, 0.15) is 5.69 Å². The molecule has 0 spiro atoms. The van der Waals surface area contributed by atoms with Crippen molar-refractivity contribution in [1.82, 2.24) is 0 Å². The molecule has 4 rings (SSSR count). The Morgan fingerprint density at radius 2 is 1.61 bits per heavy atom. The van der Waals surface area contributed by atoms with E-state index in [1.165, 1.54) is 22.9 Å². The summed E-state index contributed by atoms with van der Waals surface area (Å²) in [6, 6.07) is 10.9. The third-order valence-corrected chi connectivity index (χ3v) is 6.32. The summed E-state index contributed by atoms with van der Waals surface area (Å²) >= 11 is 0. The van der Waals surface area contributed by atoms with Gasteiger partial charge in [0.05, 0.1) is 10.6 Å². The Hall–Kier alpha value is -3.42. The summed E-state index contributed by atoms with van der Waals surface area (Å²) in [5.74, 6) is -1.03. The Morgan fingerprint density at radius 1 is 0.968 bits per heavy atom. The van der Waals surface area contributed by atoms with Crippen molar-refractivity contribution in [2.24, 2.45) is 5.92 Å². The SMILES string of the molecule is Cc1cccc(N2CCN(c3ccc(N4C(=O)C[C@H](C)C4=O)cc3[N+](=O)[O-])CC2)c1C. The van der Waals surface area contributed by atoms with Crippen LogP contribution >= 0.6 is 0 Å². The summed E-state index contributed by atoms with van der Waals surface area (Å²) in [7, 11) is 0. The molecule has 8 nitrogen and oxygen atoms in total. The molecular formula is C23H26N4O4. The van der Waals surface area contributed by atoms with E-state index in [1.807, 2.05) is 4.90 Å². The van der Waals surface area contributed by atoms with Crippen LogP contribution in [-0.2, 0) is 9.59 Å². The van der Waals surface area contributed by atoms with Crippen molar-refractivity contribution < 1.29 is 14.5 Å². The number of imide groups is 1. The number of aryl methyl sites for hydroxylation is 1. The van der Waals surface area contributed by atoms with E-state index < -0.39 is 10.8 Å². The molecule has 2 aliphatic rings. The van der Waals surface area contributed by atoms with E-state index >= 15 is 0 Å². The lowest BCUT2D eigenvalue weighted by Gasteiger charge is -2.38. The van der Waals surface area contributed by atoms with E-state index in [9.17, 15) is 19.7 Å². The number of benzene rings is 2. The third-order valence-electron chi connectivity index (χ3n) is 6.32. The van der Waals surface area contributed by atoms with Crippen molar-refractivity contribution in [2.45, 2.75) is 27.2 Å². The molecule has 31 heavy (non-hydrogen) atoms. The van der Waals surface area contributed by atoms with E-state index in [0.29, 0.717) is 18.8 Å². The molecule has 0 saturated carbocycles. The van der Waals surface area contributed by atoms with Gasteiger partial charge in [-0.15, -0.1) is 0 Å². The standard InChI is InChI=1S/C23H26N4O4/c1-15-5-4-6-19(17(15)3)24-9-11-25(12-10-24)20-8-7-18(14-21(20)27(30)31)26-22(28)13-16(2)23(26)29/h4-8,14,16H,9-13H2,1-3H3/t16-/m0/s1. The number of anilines is 3. The average molecular weight is 422 g/mol. The van der Waals surface area contributed by atoms with Gasteiger partial charge in [0, 0.05) is 50.3 Å². The summed E-state index contributed by atoms with van der Waals surface area (Å²) in [5, 5.41) is 11.8. The Labute approximate surface area is 181 Å². The van der Waals surface area contributed by atoms with Gasteiger partial charge in [0.25, 0.3) is 5.69 Å². The molecule has 2 saturated heterocycles. The number of hydrogen-bond donors (Lipinski definition) is 0. The number of rotatable bonds is 4. The monoisotopic (exact) mass is 422 g/mol. The molecule has 8 heteroatoms. The first-order valence-corrected chi connectivity index (χ1v) is 10.5. The fourth-order valence-electron chi connectivity index (χ4n) is 4.39. The van der Waals surface area contributed by atoms with E-state index in [4.69, 9.17) is 0 Å². The highest BCUT2D eigenvalue weighted by Crippen LogP contribution is 2.36. The number of hydrogen-bond acceptors (Lipinski definition) is 6. The fourth-order valence-corrected chi connectivity index (χ4v) is 4.39. The van der Waals surface area contributed by atoms with Crippen LogP contribution in [-0.4, -0.2) is 42.9 Å². The normalized spacial score (nSPS) is 19.3. The van der Waals surface area contributed by atoms with Crippen LogP contribution in [0.2, 0.25) is 0 Å². The molecule has 2 aliphatic heterocycles. The summed E-state index contributed by atoms with van der Waals surface area (Å²) in [6.07, 6.45) is 0.134. The summed E-state index contributed by atoms with van der Waals surface area (Å²) < 4.78 is 0. The van der Waals surface area contributed by atoms with Crippen LogP contribution in [0, 0.1) is 29.9 Å². The highest BCUT2D eigenvalue weighted by molar-refractivity contribution is 6.21. The molecule has 0 bridgehead atoms. The second-order valence-corrected chi connectivity index (χ2v) is 8.30. The maximum atomic E-state index is 12.3. The van der Waals surface area contributed by atoms with Gasteiger partial charge >= 0.3 is 0 Å². The van der Waals surface area contributed by atoms with E-state index in [-0.39, 0.29) is 29.6 Å². The molecule has 0 aliphatic carbocycles. The Bertz CT molecular complexity index is 1060. The minimum Gasteiger partial charge on any atom is -0.368 e. The lowest BCUT2D eigenvalue weighted by Crippen LogP contribution is -2.47. The lowest BCUT2D eigenvalue weighted by molar-refractivity contribution is -0.384. The highest BCUT2D eigenvalue weighted by Gasteiger charge is 2.37. The molecule has 0 unspecified atom stereocenters. The average Bonchev–Trinajstić information content (AvgIpc) is 3.01. The Balaban J connectivity index is 1.56. The van der Waals surface area contributed by atoms with E-state index in [1.54, 1.807) is 19.1 Å². The van der Waals surface area contributed by atoms with Gasteiger partial charge in [-0.3, -0.25) is 24.6 Å². The maximum Gasteiger partial charge on any atom is 0.294 e. The largest absolute Gasteiger partial charge is 0.368 e. The van der Waals surface area contributed by atoms with Gasteiger partial charge in [0.15, 0.2) is 0 Å². The van der Waals surface area contributed by atoms with E-state index in [2.05, 4.69) is 36.9 Å². The van der Waals surface area contributed by atoms with Crippen molar-refractivity contribution in [2.75, 3.05) is 40.9 Å². The fraction of sp³-hybridized carbons (Fsp3) is 0.391. The second-order valence-electron chi connectivity index (χ2n) is 8.30. The molecule has 2 fully saturated rings. The van der Waals surface area contributed by atoms with Crippen LogP contribution in [0.5, 0.6) is 0 Å². The first kappa shape index (κ1) is 20.8. The molecule has 162 valence electrons. The number of nitrogens with zero attached hydrogens (tertiary/aromatic N) is 4. The maximum absolute atomic E-state index is 12.3.